The Kier molecular flexibility index (Phi) is 8.53. The minimum absolute atomic E-state index is 0.00163. The van der Waals surface area contributed by atoms with Crippen LogP contribution in [0, 0.1) is 0 Å². The Morgan fingerprint density at radius 3 is 2.43 bits per heavy atom. The third-order valence-corrected chi connectivity index (χ3v) is 5.14. The predicted molar refractivity (Wildman–Crippen MR) is 115 cm³/mol. The van der Waals surface area contributed by atoms with E-state index in [0.29, 0.717) is 19.4 Å². The molecule has 1 heterocycles. The van der Waals surface area contributed by atoms with Crippen molar-refractivity contribution in [2.45, 2.75) is 84.2 Å². The maximum atomic E-state index is 12.9. The van der Waals surface area contributed by atoms with E-state index in [4.69, 9.17) is 9.47 Å². The third kappa shape index (κ3) is 6.90. The molecule has 2 atom stereocenters. The SMILES string of the molecule is CC(C)N(C(=O)OCc1ccccc1)C1CC[C@H](CCO)N(C(=O)OC(C)(C)C)C1. The standard InChI is InChI=1S/C23H36N2O5/c1-17(2)25(22(28)29-16-18-9-7-6-8-10-18)20-12-11-19(13-14-26)24(15-20)21(27)30-23(3,4)5/h6-10,17,19-20,26H,11-16H2,1-5H3/t19-,20?/m1/s1. The zero-order valence-electron chi connectivity index (χ0n) is 18.8. The normalized spacial score (nSPS) is 19.5. The van der Waals surface area contributed by atoms with Crippen LogP contribution < -0.4 is 0 Å². The lowest BCUT2D eigenvalue weighted by Gasteiger charge is -2.44. The quantitative estimate of drug-likeness (QED) is 0.747. The number of hydrogen-bond donors (Lipinski definition) is 1. The Morgan fingerprint density at radius 2 is 1.87 bits per heavy atom. The molecule has 2 rings (SSSR count). The lowest BCUT2D eigenvalue weighted by molar-refractivity contribution is -0.0129. The van der Waals surface area contributed by atoms with E-state index in [-0.39, 0.29) is 37.4 Å². The highest BCUT2D eigenvalue weighted by Gasteiger charge is 2.38. The van der Waals surface area contributed by atoms with Crippen LogP contribution in [-0.4, -0.2) is 64.0 Å². The van der Waals surface area contributed by atoms with Gasteiger partial charge in [-0.1, -0.05) is 30.3 Å². The third-order valence-electron chi connectivity index (χ3n) is 5.14. The van der Waals surface area contributed by atoms with Gasteiger partial charge in [0.2, 0.25) is 0 Å². The van der Waals surface area contributed by atoms with E-state index < -0.39 is 11.7 Å². The second-order valence-corrected chi connectivity index (χ2v) is 9.07. The van der Waals surface area contributed by atoms with Crippen LogP contribution in [0.15, 0.2) is 30.3 Å². The number of aliphatic hydroxyl groups is 1. The maximum absolute atomic E-state index is 12.9. The van der Waals surface area contributed by atoms with E-state index in [1.165, 1.54) is 0 Å². The molecular formula is C23H36N2O5. The molecule has 1 aromatic rings. The van der Waals surface area contributed by atoms with Crippen molar-refractivity contribution in [1.29, 1.82) is 0 Å². The molecule has 0 spiro atoms. The summed E-state index contributed by atoms with van der Waals surface area (Å²) in [6, 6.07) is 9.21. The van der Waals surface area contributed by atoms with E-state index in [1.54, 1.807) is 9.80 Å². The van der Waals surface area contributed by atoms with Gasteiger partial charge in [0.15, 0.2) is 0 Å². The minimum Gasteiger partial charge on any atom is -0.445 e. The van der Waals surface area contributed by atoms with Crippen LogP contribution in [0.25, 0.3) is 0 Å². The summed E-state index contributed by atoms with van der Waals surface area (Å²) in [5.41, 5.74) is 0.316. The number of carbonyl (C=O) groups excluding carboxylic acids is 2. The monoisotopic (exact) mass is 420 g/mol. The molecule has 168 valence electrons. The van der Waals surface area contributed by atoms with Gasteiger partial charge >= 0.3 is 12.2 Å². The second-order valence-electron chi connectivity index (χ2n) is 9.07. The molecule has 0 bridgehead atoms. The molecule has 0 saturated carbocycles. The molecule has 1 aliphatic heterocycles. The summed E-state index contributed by atoms with van der Waals surface area (Å²) in [5.74, 6) is 0. The minimum atomic E-state index is -0.611. The number of aliphatic hydroxyl groups excluding tert-OH is 1. The molecule has 1 aromatic carbocycles. The summed E-state index contributed by atoms with van der Waals surface area (Å²) in [4.78, 5) is 29.1. The van der Waals surface area contributed by atoms with Gasteiger partial charge in [0.1, 0.15) is 12.2 Å². The van der Waals surface area contributed by atoms with Crippen LogP contribution in [0.5, 0.6) is 0 Å². The van der Waals surface area contributed by atoms with Crippen LogP contribution in [0.3, 0.4) is 0 Å². The molecule has 2 amide bonds. The van der Waals surface area contributed by atoms with Crippen LogP contribution in [0.4, 0.5) is 9.59 Å². The number of benzene rings is 1. The molecule has 1 aliphatic rings. The van der Waals surface area contributed by atoms with Gasteiger partial charge in [-0.3, -0.25) is 0 Å². The van der Waals surface area contributed by atoms with Crippen molar-refractivity contribution in [3.8, 4) is 0 Å². The van der Waals surface area contributed by atoms with Crippen LogP contribution in [0.1, 0.15) is 59.4 Å². The Hall–Kier alpha value is -2.28. The summed E-state index contributed by atoms with van der Waals surface area (Å²) in [5, 5.41) is 9.42. The number of piperidine rings is 1. The van der Waals surface area contributed by atoms with Gasteiger partial charge in [0, 0.05) is 25.2 Å². The number of likely N-dealkylation sites (tertiary alicyclic amines) is 1. The Labute approximate surface area is 179 Å². The van der Waals surface area contributed by atoms with Gasteiger partial charge in [-0.2, -0.15) is 0 Å². The van der Waals surface area contributed by atoms with Crippen LogP contribution >= 0.6 is 0 Å². The number of ether oxygens (including phenoxy) is 2. The van der Waals surface area contributed by atoms with Crippen molar-refractivity contribution in [3.63, 3.8) is 0 Å². The van der Waals surface area contributed by atoms with Gasteiger partial charge in [-0.05, 0) is 59.4 Å². The van der Waals surface area contributed by atoms with Crippen molar-refractivity contribution in [3.05, 3.63) is 35.9 Å². The summed E-state index contributed by atoms with van der Waals surface area (Å²) in [7, 11) is 0. The van der Waals surface area contributed by atoms with Crippen LogP contribution in [0.2, 0.25) is 0 Å². The van der Waals surface area contributed by atoms with Crippen molar-refractivity contribution in [2.75, 3.05) is 13.2 Å². The van der Waals surface area contributed by atoms with E-state index in [2.05, 4.69) is 0 Å². The summed E-state index contributed by atoms with van der Waals surface area (Å²) in [6.07, 6.45) is 1.13. The van der Waals surface area contributed by atoms with Crippen molar-refractivity contribution >= 4 is 12.2 Å². The van der Waals surface area contributed by atoms with Crippen LogP contribution in [-0.2, 0) is 16.1 Å². The molecule has 0 radical (unpaired) electrons. The van der Waals surface area contributed by atoms with Gasteiger partial charge in [0.05, 0.1) is 6.04 Å². The molecule has 1 saturated heterocycles. The first-order chi connectivity index (χ1) is 14.1. The summed E-state index contributed by atoms with van der Waals surface area (Å²) >= 11 is 0. The Morgan fingerprint density at radius 1 is 1.20 bits per heavy atom. The molecule has 1 N–H and O–H groups in total. The molecule has 1 unspecified atom stereocenters. The zero-order valence-corrected chi connectivity index (χ0v) is 18.8. The highest BCUT2D eigenvalue weighted by atomic mass is 16.6. The van der Waals surface area contributed by atoms with Gasteiger partial charge < -0.3 is 24.4 Å². The fourth-order valence-corrected chi connectivity index (χ4v) is 3.80. The van der Waals surface area contributed by atoms with E-state index in [0.717, 1.165) is 12.0 Å². The number of amides is 2. The molecule has 7 heteroatoms. The maximum Gasteiger partial charge on any atom is 0.410 e. The highest BCUT2D eigenvalue weighted by Crippen LogP contribution is 2.27. The first-order valence-corrected chi connectivity index (χ1v) is 10.7. The van der Waals surface area contributed by atoms with Crippen molar-refractivity contribution in [2.24, 2.45) is 0 Å². The first kappa shape index (κ1) is 24.0. The molecular weight excluding hydrogens is 384 g/mol. The van der Waals surface area contributed by atoms with Gasteiger partial charge in [-0.25, -0.2) is 9.59 Å². The molecule has 0 aliphatic carbocycles. The number of rotatable bonds is 6. The summed E-state index contributed by atoms with van der Waals surface area (Å²) < 4.78 is 11.1. The van der Waals surface area contributed by atoms with Crippen molar-refractivity contribution in [1.82, 2.24) is 9.80 Å². The molecule has 1 fully saturated rings. The van der Waals surface area contributed by atoms with Gasteiger partial charge in [0.25, 0.3) is 0 Å². The molecule has 30 heavy (non-hydrogen) atoms. The lowest BCUT2D eigenvalue weighted by Crippen LogP contribution is -2.57. The fourth-order valence-electron chi connectivity index (χ4n) is 3.80. The fraction of sp³-hybridized carbons (Fsp3) is 0.652. The lowest BCUT2D eigenvalue weighted by atomic mass is 9.95. The smallest absolute Gasteiger partial charge is 0.410 e. The topological polar surface area (TPSA) is 79.3 Å². The van der Waals surface area contributed by atoms with E-state index in [1.807, 2.05) is 65.0 Å². The summed E-state index contributed by atoms with van der Waals surface area (Å²) in [6.45, 7) is 9.94. The average Bonchev–Trinajstić information content (AvgIpc) is 2.67. The number of hydrogen-bond acceptors (Lipinski definition) is 5. The van der Waals surface area contributed by atoms with E-state index >= 15 is 0 Å². The number of nitrogens with zero attached hydrogens (tertiary/aromatic N) is 2. The predicted octanol–water partition coefficient (Wildman–Crippen LogP) is 4.18. The Balaban J connectivity index is 2.10. The van der Waals surface area contributed by atoms with E-state index in [9.17, 15) is 14.7 Å². The largest absolute Gasteiger partial charge is 0.445 e. The zero-order chi connectivity index (χ0) is 22.3. The number of carbonyl (C=O) groups is 2. The first-order valence-electron chi connectivity index (χ1n) is 10.7. The Bertz CT molecular complexity index is 687. The van der Waals surface area contributed by atoms with Crippen molar-refractivity contribution < 1.29 is 24.2 Å². The molecule has 0 aromatic heterocycles. The van der Waals surface area contributed by atoms with Gasteiger partial charge in [-0.15, -0.1) is 0 Å². The molecule has 7 nitrogen and oxygen atoms in total. The second kappa shape index (κ2) is 10.7. The average molecular weight is 421 g/mol. The highest BCUT2D eigenvalue weighted by molar-refractivity contribution is 5.70.